The van der Waals surface area contributed by atoms with Crippen molar-refractivity contribution in [3.63, 3.8) is 0 Å². The van der Waals surface area contributed by atoms with Crippen molar-refractivity contribution in [1.82, 2.24) is 4.90 Å². The molecular weight excluding hydrogens is 432 g/mol. The summed E-state index contributed by atoms with van der Waals surface area (Å²) >= 11 is 0. The fourth-order valence-electron chi connectivity index (χ4n) is 5.34. The molecule has 1 heterocycles. The minimum absolute atomic E-state index is 0.0173. The number of ketones is 1. The fraction of sp³-hybridized carbons (Fsp3) is 0.444. The zero-order valence-corrected chi connectivity index (χ0v) is 19.1. The van der Waals surface area contributed by atoms with E-state index in [-0.39, 0.29) is 61.3 Å². The second-order valence-electron chi connectivity index (χ2n) is 9.45. The van der Waals surface area contributed by atoms with Crippen LogP contribution < -0.4 is 4.90 Å². The molecule has 0 bridgehead atoms. The molecular formula is C27H30N2O5. The number of amides is 2. The zero-order valence-electron chi connectivity index (χ0n) is 19.1. The highest BCUT2D eigenvalue weighted by molar-refractivity contribution is 5.91. The predicted molar refractivity (Wildman–Crippen MR) is 126 cm³/mol. The maximum absolute atomic E-state index is 13.3. The number of aliphatic hydroxyl groups is 1. The fourth-order valence-corrected chi connectivity index (χ4v) is 5.34. The van der Waals surface area contributed by atoms with Gasteiger partial charge in [-0.15, -0.1) is 0 Å². The lowest BCUT2D eigenvalue weighted by molar-refractivity contribution is -0.139. The Kier molecular flexibility index (Phi) is 6.37. The number of para-hydroxylation sites is 1. The monoisotopic (exact) mass is 462 g/mol. The van der Waals surface area contributed by atoms with Gasteiger partial charge >= 0.3 is 6.09 Å². The highest BCUT2D eigenvalue weighted by Gasteiger charge is 2.53. The molecule has 2 saturated carbocycles. The van der Waals surface area contributed by atoms with E-state index >= 15 is 0 Å². The van der Waals surface area contributed by atoms with Crippen LogP contribution in [-0.2, 0) is 20.9 Å². The zero-order chi connectivity index (χ0) is 23.7. The number of carbonyl (C=O) groups is 3. The molecule has 7 heteroatoms. The standard InChI is InChI=1S/C27H30N2O5/c30-16-20(31)12-15-25(32)28(19-10-11-19)26-21-8-4-5-9-23(21)29(24-14-13-22(24)26)27(33)34-17-18-6-2-1-3-7-18/h1-9,19,22,24,26,30H,10-17H2. The second kappa shape index (κ2) is 9.58. The van der Waals surface area contributed by atoms with Gasteiger partial charge in [-0.25, -0.2) is 4.79 Å². The molecule has 7 nitrogen and oxygen atoms in total. The third-order valence-corrected chi connectivity index (χ3v) is 7.27. The van der Waals surface area contributed by atoms with Crippen LogP contribution in [0, 0.1) is 5.92 Å². The predicted octanol–water partition coefficient (Wildman–Crippen LogP) is 4.00. The summed E-state index contributed by atoms with van der Waals surface area (Å²) in [6.07, 6.45) is 3.51. The summed E-state index contributed by atoms with van der Waals surface area (Å²) in [7, 11) is 0. The summed E-state index contributed by atoms with van der Waals surface area (Å²) in [6.45, 7) is -0.321. The molecule has 2 amide bonds. The van der Waals surface area contributed by atoms with Crippen LogP contribution in [0.2, 0.25) is 0 Å². The number of Topliss-reactive ketones (excluding diaryl/α,β-unsaturated/α-hetero) is 1. The highest BCUT2D eigenvalue weighted by atomic mass is 16.6. The van der Waals surface area contributed by atoms with Crippen LogP contribution in [0.5, 0.6) is 0 Å². The Balaban J connectivity index is 1.41. The second-order valence-corrected chi connectivity index (χ2v) is 9.45. The number of ether oxygens (including phenoxy) is 1. The van der Waals surface area contributed by atoms with Crippen molar-refractivity contribution in [2.24, 2.45) is 5.92 Å². The number of nitrogens with zero attached hydrogens (tertiary/aromatic N) is 2. The Hall–Kier alpha value is -3.19. The number of benzene rings is 2. The summed E-state index contributed by atoms with van der Waals surface area (Å²) < 4.78 is 5.70. The van der Waals surface area contributed by atoms with Crippen LogP contribution in [0.1, 0.15) is 55.7 Å². The van der Waals surface area contributed by atoms with Crippen molar-refractivity contribution >= 4 is 23.5 Å². The van der Waals surface area contributed by atoms with E-state index in [2.05, 4.69) is 0 Å². The Morgan fingerprint density at radius 1 is 0.941 bits per heavy atom. The van der Waals surface area contributed by atoms with E-state index in [4.69, 9.17) is 9.84 Å². The molecule has 178 valence electrons. The number of rotatable bonds is 8. The van der Waals surface area contributed by atoms with Crippen molar-refractivity contribution < 1.29 is 24.2 Å². The summed E-state index contributed by atoms with van der Waals surface area (Å²) in [5.41, 5.74) is 2.71. The number of fused-ring (bicyclic) bond motifs is 2. The number of hydrogen-bond donors (Lipinski definition) is 1. The molecule has 0 radical (unpaired) electrons. The van der Waals surface area contributed by atoms with Crippen molar-refractivity contribution in [3.05, 3.63) is 65.7 Å². The molecule has 1 N–H and O–H groups in total. The van der Waals surface area contributed by atoms with Gasteiger partial charge in [-0.3, -0.25) is 14.5 Å². The molecule has 2 aromatic rings. The first-order valence-corrected chi connectivity index (χ1v) is 12.1. The van der Waals surface area contributed by atoms with Crippen LogP contribution in [0.15, 0.2) is 54.6 Å². The molecule has 0 saturated heterocycles. The molecule has 2 aromatic carbocycles. The van der Waals surface area contributed by atoms with Crippen LogP contribution in [-0.4, -0.2) is 46.5 Å². The number of hydrogen-bond acceptors (Lipinski definition) is 5. The first-order valence-electron chi connectivity index (χ1n) is 12.1. The molecule has 1 aliphatic heterocycles. The summed E-state index contributed by atoms with van der Waals surface area (Å²) in [5, 5.41) is 9.05. The topological polar surface area (TPSA) is 87.2 Å². The molecule has 3 atom stereocenters. The van der Waals surface area contributed by atoms with E-state index in [0.717, 1.165) is 42.5 Å². The van der Waals surface area contributed by atoms with Crippen LogP contribution >= 0.6 is 0 Å². The molecule has 2 aliphatic carbocycles. The summed E-state index contributed by atoms with van der Waals surface area (Å²) in [6, 6.07) is 17.5. The Morgan fingerprint density at radius 3 is 2.35 bits per heavy atom. The average Bonchev–Trinajstić information content (AvgIpc) is 3.68. The van der Waals surface area contributed by atoms with Gasteiger partial charge in [-0.2, -0.15) is 0 Å². The molecule has 3 unspecified atom stereocenters. The minimum Gasteiger partial charge on any atom is -0.444 e. The van der Waals surface area contributed by atoms with E-state index < -0.39 is 6.61 Å². The van der Waals surface area contributed by atoms with Crippen molar-refractivity contribution in [1.29, 1.82) is 0 Å². The number of carbonyl (C=O) groups excluding carboxylic acids is 3. The summed E-state index contributed by atoms with van der Waals surface area (Å²) in [5.74, 6) is -0.228. The van der Waals surface area contributed by atoms with Gasteiger partial charge in [0.2, 0.25) is 5.91 Å². The van der Waals surface area contributed by atoms with Gasteiger partial charge in [0.25, 0.3) is 0 Å². The third kappa shape index (κ3) is 4.32. The minimum atomic E-state index is -0.534. The van der Waals surface area contributed by atoms with Gasteiger partial charge in [0.1, 0.15) is 13.2 Å². The van der Waals surface area contributed by atoms with Gasteiger partial charge in [0, 0.05) is 30.8 Å². The number of anilines is 1. The largest absolute Gasteiger partial charge is 0.444 e. The van der Waals surface area contributed by atoms with Gasteiger partial charge in [0.15, 0.2) is 5.78 Å². The van der Waals surface area contributed by atoms with Crippen LogP contribution in [0.25, 0.3) is 0 Å². The smallest absolute Gasteiger partial charge is 0.414 e. The van der Waals surface area contributed by atoms with E-state index in [1.807, 2.05) is 59.5 Å². The Bertz CT molecular complexity index is 1070. The third-order valence-electron chi connectivity index (χ3n) is 7.27. The SMILES string of the molecule is O=C(CO)CCC(=O)N(C1CC1)C1c2ccccc2N(C(=O)OCc2ccccc2)C2CCC21. The quantitative estimate of drug-likeness (QED) is 0.641. The van der Waals surface area contributed by atoms with Crippen molar-refractivity contribution in [3.8, 4) is 0 Å². The molecule has 2 fully saturated rings. The maximum Gasteiger partial charge on any atom is 0.414 e. The van der Waals surface area contributed by atoms with Gasteiger partial charge in [-0.05, 0) is 42.9 Å². The molecule has 34 heavy (non-hydrogen) atoms. The lowest BCUT2D eigenvalue weighted by atomic mass is 9.68. The van der Waals surface area contributed by atoms with E-state index in [1.165, 1.54) is 0 Å². The first-order chi connectivity index (χ1) is 16.6. The Labute approximate surface area is 199 Å². The number of aliphatic hydroxyl groups excluding tert-OH is 1. The van der Waals surface area contributed by atoms with Crippen LogP contribution in [0.4, 0.5) is 10.5 Å². The van der Waals surface area contributed by atoms with Gasteiger partial charge in [0.05, 0.1) is 11.7 Å². The van der Waals surface area contributed by atoms with Crippen molar-refractivity contribution in [2.45, 2.75) is 63.3 Å². The van der Waals surface area contributed by atoms with Gasteiger partial charge < -0.3 is 14.7 Å². The molecule has 0 aromatic heterocycles. The maximum atomic E-state index is 13.3. The van der Waals surface area contributed by atoms with E-state index in [1.54, 1.807) is 4.90 Å². The average molecular weight is 463 g/mol. The molecule has 5 rings (SSSR count). The lowest BCUT2D eigenvalue weighted by Gasteiger charge is -2.54. The molecule has 3 aliphatic rings. The Morgan fingerprint density at radius 2 is 1.68 bits per heavy atom. The first kappa shape index (κ1) is 22.6. The van der Waals surface area contributed by atoms with Gasteiger partial charge in [-0.1, -0.05) is 48.5 Å². The highest BCUT2D eigenvalue weighted by Crippen LogP contribution is 2.54. The van der Waals surface area contributed by atoms with E-state index in [0.29, 0.717) is 0 Å². The van der Waals surface area contributed by atoms with E-state index in [9.17, 15) is 14.4 Å². The lowest BCUT2D eigenvalue weighted by Crippen LogP contribution is -2.59. The van der Waals surface area contributed by atoms with Crippen LogP contribution in [0.3, 0.4) is 0 Å². The van der Waals surface area contributed by atoms with Crippen molar-refractivity contribution in [2.75, 3.05) is 11.5 Å². The summed E-state index contributed by atoms with van der Waals surface area (Å²) in [4.78, 5) is 41.9. The molecule has 0 spiro atoms. The normalized spacial score (nSPS) is 22.7.